The number of nitrogen functional groups attached to an aromatic ring is 1. The van der Waals surface area contributed by atoms with Crippen LogP contribution in [0, 0.1) is 6.92 Å². The lowest BCUT2D eigenvalue weighted by Gasteiger charge is -2.12. The smallest absolute Gasteiger partial charge is 0.162 e. The number of aryl methyl sites for hydroxylation is 1. The lowest BCUT2D eigenvalue weighted by atomic mass is 10.1. The van der Waals surface area contributed by atoms with Crippen LogP contribution in [-0.4, -0.2) is 19.7 Å². The van der Waals surface area contributed by atoms with Crippen molar-refractivity contribution in [3.63, 3.8) is 0 Å². The first kappa shape index (κ1) is 10.6. The Bertz CT molecular complexity index is 501. The summed E-state index contributed by atoms with van der Waals surface area (Å²) < 4.78 is 1.74. The van der Waals surface area contributed by atoms with E-state index in [0.717, 1.165) is 17.1 Å². The number of hydrogen-bond donors (Lipinski definition) is 1. The summed E-state index contributed by atoms with van der Waals surface area (Å²) >= 11 is 0. The van der Waals surface area contributed by atoms with E-state index in [9.17, 15) is 0 Å². The zero-order chi connectivity index (χ0) is 11.7. The van der Waals surface area contributed by atoms with Crippen LogP contribution in [0.25, 0.3) is 5.82 Å². The van der Waals surface area contributed by atoms with Gasteiger partial charge in [-0.2, -0.15) is 5.10 Å². The fourth-order valence-electron chi connectivity index (χ4n) is 1.67. The van der Waals surface area contributed by atoms with Crippen molar-refractivity contribution in [1.82, 2.24) is 19.7 Å². The molecule has 2 rings (SSSR count). The molecule has 2 heterocycles. The molecule has 0 bridgehead atoms. The van der Waals surface area contributed by atoms with Gasteiger partial charge in [0.15, 0.2) is 5.82 Å². The summed E-state index contributed by atoms with van der Waals surface area (Å²) in [7, 11) is 0. The molecule has 0 spiro atoms. The molecular weight excluding hydrogens is 202 g/mol. The van der Waals surface area contributed by atoms with Gasteiger partial charge in [0, 0.05) is 11.8 Å². The van der Waals surface area contributed by atoms with Gasteiger partial charge in [0.2, 0.25) is 0 Å². The zero-order valence-electron chi connectivity index (χ0n) is 9.68. The summed E-state index contributed by atoms with van der Waals surface area (Å²) in [4.78, 5) is 8.27. The molecular formula is C11H15N5. The Labute approximate surface area is 94.3 Å². The summed E-state index contributed by atoms with van der Waals surface area (Å²) in [6.07, 6.45) is 3.34. The van der Waals surface area contributed by atoms with E-state index in [1.807, 2.05) is 19.2 Å². The van der Waals surface area contributed by atoms with Crippen LogP contribution >= 0.6 is 0 Å². The highest BCUT2D eigenvalue weighted by Crippen LogP contribution is 2.24. The Hall–Kier alpha value is -1.91. The van der Waals surface area contributed by atoms with Gasteiger partial charge in [0.05, 0.1) is 5.69 Å². The molecule has 5 nitrogen and oxygen atoms in total. The number of aromatic nitrogens is 4. The van der Waals surface area contributed by atoms with Crippen molar-refractivity contribution in [2.45, 2.75) is 26.7 Å². The SMILES string of the molecule is Cc1ccn(-c2ncnc(N)c2C(C)C)n1. The van der Waals surface area contributed by atoms with Gasteiger partial charge in [-0.3, -0.25) is 0 Å². The second kappa shape index (κ2) is 3.92. The third kappa shape index (κ3) is 1.76. The molecule has 2 aromatic rings. The summed E-state index contributed by atoms with van der Waals surface area (Å²) in [5.41, 5.74) is 7.76. The largest absolute Gasteiger partial charge is 0.383 e. The molecule has 0 aliphatic carbocycles. The minimum Gasteiger partial charge on any atom is -0.383 e. The van der Waals surface area contributed by atoms with Crippen molar-refractivity contribution in [1.29, 1.82) is 0 Å². The van der Waals surface area contributed by atoms with E-state index in [4.69, 9.17) is 5.73 Å². The molecule has 2 N–H and O–H groups in total. The Balaban J connectivity index is 2.60. The van der Waals surface area contributed by atoms with Crippen molar-refractivity contribution in [3.05, 3.63) is 29.8 Å². The van der Waals surface area contributed by atoms with Crippen LogP contribution in [0.1, 0.15) is 31.0 Å². The molecule has 0 aliphatic rings. The highest BCUT2D eigenvalue weighted by molar-refractivity contribution is 5.50. The third-order valence-corrected chi connectivity index (χ3v) is 2.41. The second-order valence-corrected chi connectivity index (χ2v) is 4.05. The van der Waals surface area contributed by atoms with Crippen molar-refractivity contribution >= 4 is 5.82 Å². The van der Waals surface area contributed by atoms with Gasteiger partial charge in [0.1, 0.15) is 12.1 Å². The molecule has 84 valence electrons. The predicted octanol–water partition coefficient (Wildman–Crippen LogP) is 1.68. The van der Waals surface area contributed by atoms with E-state index in [1.54, 1.807) is 4.68 Å². The lowest BCUT2D eigenvalue weighted by molar-refractivity contribution is 0.770. The van der Waals surface area contributed by atoms with E-state index in [0.29, 0.717) is 5.82 Å². The lowest BCUT2D eigenvalue weighted by Crippen LogP contribution is -2.09. The fourth-order valence-corrected chi connectivity index (χ4v) is 1.67. The molecule has 0 unspecified atom stereocenters. The first-order valence-corrected chi connectivity index (χ1v) is 5.22. The van der Waals surface area contributed by atoms with Crippen LogP contribution in [-0.2, 0) is 0 Å². The maximum atomic E-state index is 5.87. The third-order valence-electron chi connectivity index (χ3n) is 2.41. The Morgan fingerprint density at radius 3 is 2.62 bits per heavy atom. The summed E-state index contributed by atoms with van der Waals surface area (Å²) in [5.74, 6) is 1.55. The van der Waals surface area contributed by atoms with E-state index in [-0.39, 0.29) is 5.92 Å². The topological polar surface area (TPSA) is 69.6 Å². The van der Waals surface area contributed by atoms with Gasteiger partial charge in [-0.15, -0.1) is 0 Å². The van der Waals surface area contributed by atoms with Crippen LogP contribution in [0.2, 0.25) is 0 Å². The number of rotatable bonds is 2. The predicted molar refractivity (Wildman–Crippen MR) is 62.4 cm³/mol. The first-order chi connectivity index (χ1) is 7.59. The highest BCUT2D eigenvalue weighted by atomic mass is 15.3. The molecule has 2 aromatic heterocycles. The normalized spacial score (nSPS) is 11.0. The molecule has 0 aliphatic heterocycles. The van der Waals surface area contributed by atoms with Gasteiger partial charge >= 0.3 is 0 Å². The number of nitrogens with zero attached hydrogens (tertiary/aromatic N) is 4. The molecule has 0 amide bonds. The van der Waals surface area contributed by atoms with Gasteiger partial charge in [-0.1, -0.05) is 13.8 Å². The Morgan fingerprint density at radius 2 is 2.06 bits per heavy atom. The van der Waals surface area contributed by atoms with Crippen LogP contribution < -0.4 is 5.73 Å². The maximum Gasteiger partial charge on any atom is 0.162 e. The molecule has 0 fully saturated rings. The summed E-state index contributed by atoms with van der Waals surface area (Å²) in [5, 5.41) is 4.34. The number of hydrogen-bond acceptors (Lipinski definition) is 4. The molecule has 0 radical (unpaired) electrons. The average molecular weight is 217 g/mol. The molecule has 0 aromatic carbocycles. The quantitative estimate of drug-likeness (QED) is 0.830. The van der Waals surface area contributed by atoms with E-state index in [1.165, 1.54) is 6.33 Å². The molecule has 16 heavy (non-hydrogen) atoms. The zero-order valence-corrected chi connectivity index (χ0v) is 9.68. The van der Waals surface area contributed by atoms with E-state index < -0.39 is 0 Å². The van der Waals surface area contributed by atoms with Gasteiger partial charge < -0.3 is 5.73 Å². The fraction of sp³-hybridized carbons (Fsp3) is 0.364. The van der Waals surface area contributed by atoms with Crippen LogP contribution in [0.15, 0.2) is 18.6 Å². The maximum absolute atomic E-state index is 5.87. The standard InChI is InChI=1S/C11H15N5/c1-7(2)9-10(12)13-6-14-11(9)16-5-4-8(3)15-16/h4-7H,1-3H3,(H2,12,13,14). The minimum absolute atomic E-state index is 0.265. The van der Waals surface area contributed by atoms with Crippen molar-refractivity contribution < 1.29 is 0 Å². The minimum atomic E-state index is 0.265. The first-order valence-electron chi connectivity index (χ1n) is 5.22. The molecule has 0 saturated carbocycles. The second-order valence-electron chi connectivity index (χ2n) is 4.05. The summed E-state index contributed by atoms with van der Waals surface area (Å²) in [6, 6.07) is 1.93. The Morgan fingerprint density at radius 1 is 1.31 bits per heavy atom. The van der Waals surface area contributed by atoms with Crippen LogP contribution in [0.4, 0.5) is 5.82 Å². The van der Waals surface area contributed by atoms with E-state index >= 15 is 0 Å². The van der Waals surface area contributed by atoms with Crippen molar-refractivity contribution in [3.8, 4) is 5.82 Å². The molecule has 5 heteroatoms. The van der Waals surface area contributed by atoms with Gasteiger partial charge in [0.25, 0.3) is 0 Å². The van der Waals surface area contributed by atoms with Crippen molar-refractivity contribution in [2.75, 3.05) is 5.73 Å². The number of nitrogens with two attached hydrogens (primary N) is 1. The summed E-state index contributed by atoms with van der Waals surface area (Å²) in [6.45, 7) is 6.07. The van der Waals surface area contributed by atoms with Crippen LogP contribution in [0.5, 0.6) is 0 Å². The molecule has 0 saturated heterocycles. The van der Waals surface area contributed by atoms with E-state index in [2.05, 4.69) is 28.9 Å². The van der Waals surface area contributed by atoms with Gasteiger partial charge in [-0.25, -0.2) is 14.6 Å². The van der Waals surface area contributed by atoms with Crippen molar-refractivity contribution in [2.24, 2.45) is 0 Å². The average Bonchev–Trinajstić information content (AvgIpc) is 2.63. The van der Waals surface area contributed by atoms with Crippen LogP contribution in [0.3, 0.4) is 0 Å². The monoisotopic (exact) mass is 217 g/mol. The Kier molecular flexibility index (Phi) is 2.60. The number of anilines is 1. The highest BCUT2D eigenvalue weighted by Gasteiger charge is 2.14. The van der Waals surface area contributed by atoms with Gasteiger partial charge in [-0.05, 0) is 18.9 Å². The molecule has 0 atom stereocenters.